The molecule has 2 aliphatic heterocycles. The van der Waals surface area contributed by atoms with Crippen molar-refractivity contribution in [2.24, 2.45) is 0 Å². The Morgan fingerprint density at radius 3 is 2.61 bits per heavy atom. The Morgan fingerprint density at radius 2 is 1.85 bits per heavy atom. The van der Waals surface area contributed by atoms with E-state index in [1.54, 1.807) is 0 Å². The van der Waals surface area contributed by atoms with Gasteiger partial charge in [0.05, 0.1) is 13.1 Å². The lowest BCUT2D eigenvalue weighted by atomic mass is 9.82. The summed E-state index contributed by atoms with van der Waals surface area (Å²) < 4.78 is 13.9. The molecule has 5 rings (SSSR count). The predicted molar refractivity (Wildman–Crippen MR) is 121 cm³/mol. The van der Waals surface area contributed by atoms with Crippen molar-refractivity contribution in [3.05, 3.63) is 47.3 Å². The summed E-state index contributed by atoms with van der Waals surface area (Å²) in [4.78, 5) is 39.8. The first-order chi connectivity index (χ1) is 15.9. The summed E-state index contributed by atoms with van der Waals surface area (Å²) in [7, 11) is 0. The molecular weight excluding hydrogens is 422 g/mol. The van der Waals surface area contributed by atoms with Crippen LogP contribution < -0.4 is 14.8 Å². The van der Waals surface area contributed by atoms with Gasteiger partial charge in [0.1, 0.15) is 12.1 Å². The van der Waals surface area contributed by atoms with E-state index in [4.69, 9.17) is 9.47 Å². The maximum Gasteiger partial charge on any atom is 0.325 e. The number of ether oxygens (including phenoxy) is 2. The van der Waals surface area contributed by atoms with Gasteiger partial charge in [-0.15, -0.1) is 0 Å². The zero-order chi connectivity index (χ0) is 23.2. The number of aryl methyl sites for hydroxylation is 1. The minimum atomic E-state index is -0.818. The van der Waals surface area contributed by atoms with Crippen molar-refractivity contribution in [3.63, 3.8) is 0 Å². The van der Waals surface area contributed by atoms with Crippen LogP contribution in [0.5, 0.6) is 11.5 Å². The number of aromatic nitrogens is 1. The van der Waals surface area contributed by atoms with E-state index in [-0.39, 0.29) is 24.3 Å². The summed E-state index contributed by atoms with van der Waals surface area (Å²) in [6, 6.07) is 8.92. The Hall–Kier alpha value is -3.29. The molecule has 3 amide bonds. The molecule has 0 bridgehead atoms. The maximum atomic E-state index is 13.2. The van der Waals surface area contributed by atoms with Crippen LogP contribution in [0.15, 0.2) is 30.3 Å². The van der Waals surface area contributed by atoms with Crippen LogP contribution in [0.25, 0.3) is 0 Å². The van der Waals surface area contributed by atoms with Gasteiger partial charge in [-0.05, 0) is 44.9 Å². The number of carbonyl (C=O) groups is 3. The predicted octanol–water partition coefficient (Wildman–Crippen LogP) is 3.38. The first-order valence-corrected chi connectivity index (χ1v) is 11.6. The molecule has 1 saturated carbocycles. The van der Waals surface area contributed by atoms with Gasteiger partial charge in [-0.2, -0.15) is 0 Å². The first kappa shape index (κ1) is 21.6. The lowest BCUT2D eigenvalue weighted by Crippen LogP contribution is -2.48. The number of carbonyl (C=O) groups excluding carboxylic acids is 3. The van der Waals surface area contributed by atoms with Crippen LogP contribution >= 0.6 is 0 Å². The molecule has 33 heavy (non-hydrogen) atoms. The minimum absolute atomic E-state index is 0.190. The first-order valence-electron chi connectivity index (χ1n) is 11.6. The number of amides is 3. The van der Waals surface area contributed by atoms with Crippen LogP contribution in [-0.4, -0.2) is 52.0 Å². The molecule has 2 aromatic rings. The molecule has 8 heteroatoms. The largest absolute Gasteiger partial charge is 0.486 e. The zero-order valence-electron chi connectivity index (χ0n) is 19.1. The van der Waals surface area contributed by atoms with Crippen molar-refractivity contribution >= 4 is 17.7 Å². The van der Waals surface area contributed by atoms with Gasteiger partial charge in [0.2, 0.25) is 0 Å². The summed E-state index contributed by atoms with van der Waals surface area (Å²) in [5, 5.41) is 2.87. The Balaban J connectivity index is 1.30. The Kier molecular flexibility index (Phi) is 5.38. The fourth-order valence-corrected chi connectivity index (χ4v) is 5.26. The van der Waals surface area contributed by atoms with Crippen LogP contribution in [-0.2, 0) is 11.3 Å². The second-order valence-corrected chi connectivity index (χ2v) is 9.28. The second kappa shape index (κ2) is 8.24. The summed E-state index contributed by atoms with van der Waals surface area (Å²) >= 11 is 0. The van der Waals surface area contributed by atoms with E-state index < -0.39 is 11.6 Å². The molecule has 1 spiro atoms. The molecule has 1 aromatic heterocycles. The van der Waals surface area contributed by atoms with Gasteiger partial charge >= 0.3 is 6.03 Å². The topological polar surface area (TPSA) is 89.9 Å². The molecule has 174 valence electrons. The van der Waals surface area contributed by atoms with Crippen molar-refractivity contribution in [3.8, 4) is 11.5 Å². The number of rotatable bonds is 5. The number of Topliss-reactive ketones (excluding diaryl/α,β-unsaturated/α-hetero) is 1. The van der Waals surface area contributed by atoms with Crippen LogP contribution in [0, 0.1) is 13.8 Å². The highest BCUT2D eigenvalue weighted by molar-refractivity contribution is 6.11. The molecule has 1 aliphatic carbocycles. The van der Waals surface area contributed by atoms with E-state index in [0.29, 0.717) is 37.3 Å². The smallest absolute Gasteiger partial charge is 0.325 e. The number of nitrogens with one attached hydrogen (secondary N) is 1. The average Bonchev–Trinajstić information content (AvgIpc) is 3.22. The molecule has 0 unspecified atom stereocenters. The number of ketones is 1. The number of urea groups is 1. The molecule has 1 aromatic carbocycles. The van der Waals surface area contributed by atoms with E-state index in [9.17, 15) is 14.4 Å². The van der Waals surface area contributed by atoms with Crippen molar-refractivity contribution in [2.45, 2.75) is 64.1 Å². The second-order valence-electron chi connectivity index (χ2n) is 9.28. The Bertz CT molecular complexity index is 1120. The lowest BCUT2D eigenvalue weighted by Gasteiger charge is -2.30. The van der Waals surface area contributed by atoms with Crippen LogP contribution in [0.1, 0.15) is 53.8 Å². The van der Waals surface area contributed by atoms with Crippen molar-refractivity contribution < 1.29 is 23.9 Å². The molecular formula is C25H29N3O5. The summed E-state index contributed by atoms with van der Waals surface area (Å²) in [6.07, 6.45) is 3.98. The molecule has 1 atom stereocenters. The van der Waals surface area contributed by atoms with Gasteiger partial charge < -0.3 is 19.4 Å². The molecule has 3 aliphatic rings. The number of para-hydroxylation sites is 2. The van der Waals surface area contributed by atoms with Crippen LogP contribution in [0.4, 0.5) is 4.79 Å². The number of hydrogen-bond donors (Lipinski definition) is 1. The Morgan fingerprint density at radius 1 is 1.12 bits per heavy atom. The van der Waals surface area contributed by atoms with Gasteiger partial charge in [-0.25, -0.2) is 4.79 Å². The van der Waals surface area contributed by atoms with Crippen molar-refractivity contribution in [2.75, 3.05) is 13.2 Å². The number of fused-ring (bicyclic) bond motifs is 1. The van der Waals surface area contributed by atoms with Gasteiger partial charge in [-0.1, -0.05) is 31.4 Å². The van der Waals surface area contributed by atoms with Crippen LogP contribution in [0.3, 0.4) is 0 Å². The molecule has 1 N–H and O–H groups in total. The molecule has 2 fully saturated rings. The minimum Gasteiger partial charge on any atom is -0.486 e. The fraction of sp³-hybridized carbons (Fsp3) is 0.480. The third kappa shape index (κ3) is 3.77. The molecule has 3 heterocycles. The summed E-state index contributed by atoms with van der Waals surface area (Å²) in [6.45, 7) is 4.53. The number of hydrogen-bond acceptors (Lipinski definition) is 5. The van der Waals surface area contributed by atoms with Crippen molar-refractivity contribution in [1.82, 2.24) is 14.8 Å². The zero-order valence-corrected chi connectivity index (χ0v) is 19.1. The van der Waals surface area contributed by atoms with Gasteiger partial charge in [0.25, 0.3) is 5.91 Å². The third-order valence-corrected chi connectivity index (χ3v) is 7.08. The molecule has 1 saturated heterocycles. The van der Waals surface area contributed by atoms with E-state index in [0.717, 1.165) is 41.3 Å². The molecule has 8 nitrogen and oxygen atoms in total. The Labute approximate surface area is 192 Å². The van der Waals surface area contributed by atoms with E-state index in [2.05, 4.69) is 5.32 Å². The normalized spacial score (nSPS) is 21.4. The monoisotopic (exact) mass is 451 g/mol. The number of nitrogens with zero attached hydrogens (tertiary/aromatic N) is 2. The maximum absolute atomic E-state index is 13.2. The van der Waals surface area contributed by atoms with Gasteiger partial charge in [0.15, 0.2) is 23.4 Å². The highest BCUT2D eigenvalue weighted by atomic mass is 16.6. The third-order valence-electron chi connectivity index (χ3n) is 7.08. The van der Waals surface area contributed by atoms with E-state index in [1.165, 1.54) is 0 Å². The summed E-state index contributed by atoms with van der Waals surface area (Å²) in [5.74, 6) is 0.940. The average molecular weight is 452 g/mol. The van der Waals surface area contributed by atoms with Gasteiger partial charge in [0, 0.05) is 17.0 Å². The SMILES string of the molecule is Cc1cc(C(=O)CN2C(=O)NC3(CCCCC3)C2=O)c(C)n1C[C@H]1COc2ccccc2O1. The van der Waals surface area contributed by atoms with Crippen LogP contribution in [0.2, 0.25) is 0 Å². The van der Waals surface area contributed by atoms with E-state index >= 15 is 0 Å². The summed E-state index contributed by atoms with van der Waals surface area (Å²) in [5.41, 5.74) is 1.41. The standard InChI is InChI=1S/C25H29N3O5/c1-16-12-19(17(2)27(16)13-18-15-32-21-8-4-5-9-22(21)33-18)20(29)14-28-23(30)25(26-24(28)31)10-6-3-7-11-25/h4-5,8-9,12,18H,3,6-7,10-11,13-15H2,1-2H3,(H,26,31)/t18-/m0/s1. The van der Waals surface area contributed by atoms with Gasteiger partial charge in [-0.3, -0.25) is 14.5 Å². The lowest BCUT2D eigenvalue weighted by molar-refractivity contribution is -0.132. The quantitative estimate of drug-likeness (QED) is 0.556. The number of imide groups is 1. The molecule has 0 radical (unpaired) electrons. The van der Waals surface area contributed by atoms with Crippen molar-refractivity contribution in [1.29, 1.82) is 0 Å². The highest BCUT2D eigenvalue weighted by Gasteiger charge is 2.51. The van der Waals surface area contributed by atoms with E-state index in [1.807, 2.05) is 48.7 Å². The highest BCUT2D eigenvalue weighted by Crippen LogP contribution is 2.34. The fourth-order valence-electron chi connectivity index (χ4n) is 5.26. The number of benzene rings is 1.